The summed E-state index contributed by atoms with van der Waals surface area (Å²) in [6.07, 6.45) is -2.62. The monoisotopic (exact) mass is 417 g/mol. The molecule has 0 bridgehead atoms. The van der Waals surface area contributed by atoms with Crippen LogP contribution in [0.1, 0.15) is 32.4 Å². The van der Waals surface area contributed by atoms with E-state index in [0.717, 1.165) is 6.07 Å². The van der Waals surface area contributed by atoms with E-state index in [-0.39, 0.29) is 4.47 Å². The molecule has 0 aliphatic carbocycles. The van der Waals surface area contributed by atoms with Crippen molar-refractivity contribution in [3.63, 3.8) is 0 Å². The van der Waals surface area contributed by atoms with Gasteiger partial charge in [-0.05, 0) is 28.1 Å². The van der Waals surface area contributed by atoms with E-state index in [1.54, 1.807) is 20.8 Å². The third-order valence-corrected chi connectivity index (χ3v) is 5.16. The highest BCUT2D eigenvalue weighted by atomic mass is 79.9. The molecule has 2 N–H and O–H groups in total. The molecule has 1 unspecified atom stereocenters. The Morgan fingerprint density at radius 3 is 2.22 bits per heavy atom. The molecule has 0 heterocycles. The van der Waals surface area contributed by atoms with Crippen LogP contribution < -0.4 is 5.73 Å². The van der Waals surface area contributed by atoms with Crippen LogP contribution in [-0.4, -0.2) is 20.3 Å². The van der Waals surface area contributed by atoms with Crippen molar-refractivity contribution in [2.24, 2.45) is 11.1 Å². The second kappa shape index (κ2) is 6.68. The van der Waals surface area contributed by atoms with Crippen molar-refractivity contribution < 1.29 is 31.1 Å². The van der Waals surface area contributed by atoms with E-state index < -0.39 is 49.5 Å². The molecule has 1 amide bonds. The lowest BCUT2D eigenvalue weighted by Crippen LogP contribution is -2.29. The third-order valence-electron chi connectivity index (χ3n) is 2.92. The van der Waals surface area contributed by atoms with Crippen LogP contribution in [0.25, 0.3) is 0 Å². The number of nitrogens with two attached hydrogens (primary N) is 1. The van der Waals surface area contributed by atoms with Crippen LogP contribution in [0.3, 0.4) is 0 Å². The minimum absolute atomic E-state index is 0.389. The average Bonchev–Trinajstić information content (AvgIpc) is 2.37. The summed E-state index contributed by atoms with van der Waals surface area (Å²) in [5.41, 5.74) is 3.60. The van der Waals surface area contributed by atoms with Gasteiger partial charge in [-0.3, -0.25) is 0 Å². The maximum absolute atomic E-state index is 13.8. The van der Waals surface area contributed by atoms with Gasteiger partial charge < -0.3 is 10.5 Å². The van der Waals surface area contributed by atoms with Crippen LogP contribution in [0.5, 0.6) is 0 Å². The topological polar surface area (TPSA) is 86.5 Å². The van der Waals surface area contributed by atoms with Crippen molar-refractivity contribution in [1.82, 2.24) is 0 Å². The number of carbonyl (C=O) groups is 1. The first kappa shape index (κ1) is 19.8. The molecule has 23 heavy (non-hydrogen) atoms. The lowest BCUT2D eigenvalue weighted by atomic mass is 9.84. The number of hydrogen-bond donors (Lipinski definition) is 1. The van der Waals surface area contributed by atoms with Crippen LogP contribution in [0.2, 0.25) is 0 Å². The van der Waals surface area contributed by atoms with Gasteiger partial charge in [0.15, 0.2) is 0 Å². The number of primary amides is 1. The van der Waals surface area contributed by atoms with Crippen molar-refractivity contribution in [1.29, 1.82) is 0 Å². The number of amides is 1. The molecule has 1 rings (SSSR count). The zero-order valence-electron chi connectivity index (χ0n) is 12.4. The summed E-state index contributed by atoms with van der Waals surface area (Å²) >= 11 is 2.84. The molecule has 0 radical (unpaired) electrons. The summed E-state index contributed by atoms with van der Waals surface area (Å²) < 4.78 is 67.9. The number of benzene rings is 1. The van der Waals surface area contributed by atoms with E-state index >= 15 is 0 Å². The quantitative estimate of drug-likeness (QED) is 0.755. The normalized spacial score (nSPS) is 13.9. The fourth-order valence-electron chi connectivity index (χ4n) is 1.92. The lowest BCUT2D eigenvalue weighted by Gasteiger charge is -2.32. The minimum atomic E-state index is -5.05. The van der Waals surface area contributed by atoms with Gasteiger partial charge in [-0.15, -0.1) is 0 Å². The zero-order chi connectivity index (χ0) is 18.2. The van der Waals surface area contributed by atoms with E-state index in [2.05, 4.69) is 15.9 Å². The van der Waals surface area contributed by atoms with Crippen LogP contribution in [0.4, 0.5) is 18.0 Å². The van der Waals surface area contributed by atoms with Gasteiger partial charge in [-0.25, -0.2) is 17.6 Å². The first-order valence-electron chi connectivity index (χ1n) is 6.26. The molecule has 0 saturated carbocycles. The van der Waals surface area contributed by atoms with E-state index in [0.29, 0.717) is 6.07 Å². The fourth-order valence-corrected chi connectivity index (χ4v) is 3.57. The zero-order valence-corrected chi connectivity index (χ0v) is 14.8. The van der Waals surface area contributed by atoms with Crippen molar-refractivity contribution in [2.75, 3.05) is 0 Å². The Morgan fingerprint density at radius 1 is 1.30 bits per heavy atom. The largest absolute Gasteiger partial charge is 0.441 e. The second-order valence-electron chi connectivity index (χ2n) is 5.76. The molecule has 0 spiro atoms. The van der Waals surface area contributed by atoms with Crippen molar-refractivity contribution in [3.8, 4) is 0 Å². The van der Waals surface area contributed by atoms with Gasteiger partial charge in [0, 0.05) is 11.0 Å². The van der Waals surface area contributed by atoms with Crippen molar-refractivity contribution >= 4 is 31.9 Å². The fraction of sp³-hybridized carbons (Fsp3) is 0.462. The van der Waals surface area contributed by atoms with Gasteiger partial charge in [0.25, 0.3) is 0 Å². The molecule has 1 atom stereocenters. The Kier molecular flexibility index (Phi) is 5.74. The summed E-state index contributed by atoms with van der Waals surface area (Å²) in [6, 6.07) is 1.44. The molecule has 10 heteroatoms. The standard InChI is InChI=1S/C13H15BrF3NO4S/c1-13(2,3)10(22-12(18)19)8-7(23(20,21)11(16)17)5-4-6(15)9(8)14/h4-5,10-11H,1-3H3,(H2,18,19). The van der Waals surface area contributed by atoms with Gasteiger partial charge in [0.1, 0.15) is 11.9 Å². The number of alkyl halides is 2. The van der Waals surface area contributed by atoms with E-state index in [1.165, 1.54) is 0 Å². The molecule has 0 fully saturated rings. The van der Waals surface area contributed by atoms with Crippen molar-refractivity contribution in [2.45, 2.75) is 37.5 Å². The van der Waals surface area contributed by atoms with Crippen LogP contribution in [0.15, 0.2) is 21.5 Å². The van der Waals surface area contributed by atoms with Gasteiger partial charge in [-0.2, -0.15) is 8.78 Å². The summed E-state index contributed by atoms with van der Waals surface area (Å²) in [6.45, 7) is 4.66. The van der Waals surface area contributed by atoms with E-state index in [1.807, 2.05) is 0 Å². The number of carbonyl (C=O) groups excluding carboxylic acids is 1. The Labute approximate surface area is 140 Å². The molecule has 5 nitrogen and oxygen atoms in total. The first-order chi connectivity index (χ1) is 10.3. The van der Waals surface area contributed by atoms with E-state index in [9.17, 15) is 26.4 Å². The molecule has 0 aromatic heterocycles. The SMILES string of the molecule is CC(C)(C)C(OC(N)=O)c1c(S(=O)(=O)C(F)F)ccc(F)c1Br. The van der Waals surface area contributed by atoms with Crippen LogP contribution in [-0.2, 0) is 14.6 Å². The molecule has 1 aromatic rings. The predicted molar refractivity (Wildman–Crippen MR) is 80.2 cm³/mol. The van der Waals surface area contributed by atoms with Gasteiger partial charge in [0.05, 0.1) is 9.37 Å². The van der Waals surface area contributed by atoms with Gasteiger partial charge in [0.2, 0.25) is 9.84 Å². The summed E-state index contributed by atoms with van der Waals surface area (Å²) in [4.78, 5) is 10.3. The summed E-state index contributed by atoms with van der Waals surface area (Å²) in [5.74, 6) is -4.61. The Hall–Kier alpha value is -1.29. The molecular formula is C13H15BrF3NO4S. The lowest BCUT2D eigenvalue weighted by molar-refractivity contribution is 0.0333. The molecule has 0 aliphatic heterocycles. The van der Waals surface area contributed by atoms with Crippen LogP contribution >= 0.6 is 15.9 Å². The maximum atomic E-state index is 13.8. The number of halogens is 4. The highest BCUT2D eigenvalue weighted by Gasteiger charge is 2.39. The maximum Gasteiger partial charge on any atom is 0.405 e. The first-order valence-corrected chi connectivity index (χ1v) is 8.60. The minimum Gasteiger partial charge on any atom is -0.441 e. The highest BCUT2D eigenvalue weighted by Crippen LogP contribution is 2.44. The number of sulfone groups is 1. The van der Waals surface area contributed by atoms with E-state index in [4.69, 9.17) is 10.5 Å². The number of rotatable bonds is 4. The van der Waals surface area contributed by atoms with Gasteiger partial charge >= 0.3 is 11.9 Å². The second-order valence-corrected chi connectivity index (χ2v) is 8.44. The predicted octanol–water partition coefficient (Wildman–Crippen LogP) is 3.77. The Morgan fingerprint density at radius 2 is 1.83 bits per heavy atom. The van der Waals surface area contributed by atoms with Crippen molar-refractivity contribution in [3.05, 3.63) is 28.0 Å². The third kappa shape index (κ3) is 4.17. The highest BCUT2D eigenvalue weighted by molar-refractivity contribution is 9.10. The summed E-state index contributed by atoms with van der Waals surface area (Å²) in [5, 5.41) is 0. The Balaban J connectivity index is 3.79. The van der Waals surface area contributed by atoms with Gasteiger partial charge in [-0.1, -0.05) is 20.8 Å². The molecule has 130 valence electrons. The molecule has 0 aliphatic rings. The average molecular weight is 418 g/mol. The molecule has 0 saturated heterocycles. The smallest absolute Gasteiger partial charge is 0.405 e. The Bertz CT molecular complexity index is 717. The van der Waals surface area contributed by atoms with Crippen LogP contribution in [0, 0.1) is 11.2 Å². The molecular weight excluding hydrogens is 403 g/mol. The number of hydrogen-bond acceptors (Lipinski definition) is 4. The summed E-state index contributed by atoms with van der Waals surface area (Å²) in [7, 11) is -5.05. The molecule has 1 aromatic carbocycles. The number of ether oxygens (including phenoxy) is 1.